The van der Waals surface area contributed by atoms with Gasteiger partial charge >= 0.3 is 6.03 Å². The molecule has 2 heterocycles. The Morgan fingerprint density at radius 3 is 2.35 bits per heavy atom. The minimum Gasteiger partial charge on any atom is -0.394 e. The summed E-state index contributed by atoms with van der Waals surface area (Å²) in [5, 5.41) is 28.6. The Bertz CT molecular complexity index is 1230. The number of primary amides is 1. The highest BCUT2D eigenvalue weighted by atomic mass is 16.3. The molecule has 8 amide bonds. The van der Waals surface area contributed by atoms with Gasteiger partial charge in [-0.1, -0.05) is 0 Å². The molecular weight excluding hydrogens is 612 g/mol. The van der Waals surface area contributed by atoms with E-state index < -0.39 is 103 Å². The molecule has 0 aromatic carbocycles. The number of nitrogens with two attached hydrogens (primary N) is 5. The molecule has 22 nitrogen and oxygen atoms in total. The van der Waals surface area contributed by atoms with Crippen LogP contribution in [-0.4, -0.2) is 122 Å². The molecule has 1 saturated heterocycles. The van der Waals surface area contributed by atoms with Crippen molar-refractivity contribution in [3.8, 4) is 0 Å². The first-order chi connectivity index (χ1) is 21.8. The highest BCUT2D eigenvalue weighted by Gasteiger charge is 2.35. The maximum atomic E-state index is 13.4. The first kappa shape index (κ1) is 37.1. The molecule has 0 bridgehead atoms. The van der Waals surface area contributed by atoms with Crippen molar-refractivity contribution in [3.63, 3.8) is 0 Å². The first-order valence-corrected chi connectivity index (χ1v) is 14.2. The summed E-state index contributed by atoms with van der Waals surface area (Å²) >= 11 is 0. The number of guanidine groups is 1. The lowest BCUT2D eigenvalue weighted by atomic mass is 10.0. The van der Waals surface area contributed by atoms with Crippen LogP contribution in [0.5, 0.6) is 0 Å². The van der Waals surface area contributed by atoms with E-state index in [1.54, 1.807) is 0 Å². The van der Waals surface area contributed by atoms with Gasteiger partial charge < -0.3 is 76.3 Å². The third kappa shape index (κ3) is 11.5. The standard InChI is InChI=1S/C24H42N14O8/c25-4-1-2-10(26)17(40)32-7-13-19(42)34-14(8-33-24(29)46)20(43)38-16(12-3-5-30-23(28)37-12)22(45)31-6-11(27)18(41)36-15(9-39)21(44)35-13/h8,10-13,15-16,39H,1-7,9,25-27H2,(H,31,45)(H,32,40)(H,34,42)(H,35,44)(H,36,41)(H,38,43)(H3,28,30,37)(H3,29,33,46)/b14-8-/t10-,11-,12-,13+,15+,16+/m1/s1. The van der Waals surface area contributed by atoms with Crippen LogP contribution in [-0.2, 0) is 28.8 Å². The average Bonchev–Trinajstić information content (AvgIpc) is 3.02. The lowest BCUT2D eigenvalue weighted by Gasteiger charge is -2.31. The second kappa shape index (κ2) is 18.0. The van der Waals surface area contributed by atoms with Crippen molar-refractivity contribution in [2.24, 2.45) is 33.7 Å². The second-order valence-corrected chi connectivity index (χ2v) is 10.3. The number of hydrogen-bond donors (Lipinski definition) is 14. The molecule has 6 atom stereocenters. The van der Waals surface area contributed by atoms with E-state index in [4.69, 9.17) is 28.7 Å². The van der Waals surface area contributed by atoms with E-state index in [0.717, 1.165) is 6.20 Å². The molecule has 0 saturated carbocycles. The summed E-state index contributed by atoms with van der Waals surface area (Å²) in [6.07, 6.45) is 1.61. The number of hydrogen-bond acceptors (Lipinski definition) is 14. The Hall–Kier alpha value is -5.06. The number of nitrogens with one attached hydrogen (secondary N) is 8. The zero-order chi connectivity index (χ0) is 34.4. The van der Waals surface area contributed by atoms with Gasteiger partial charge in [0.05, 0.1) is 18.7 Å². The predicted octanol–water partition coefficient (Wildman–Crippen LogP) is -8.62. The van der Waals surface area contributed by atoms with Crippen LogP contribution in [0.15, 0.2) is 16.9 Å². The van der Waals surface area contributed by atoms with Gasteiger partial charge in [0.15, 0.2) is 5.96 Å². The Labute approximate surface area is 262 Å². The number of aliphatic hydroxyl groups is 1. The summed E-state index contributed by atoms with van der Waals surface area (Å²) in [6, 6.07) is -9.04. The highest BCUT2D eigenvalue weighted by Crippen LogP contribution is 2.07. The molecule has 0 aromatic heterocycles. The van der Waals surface area contributed by atoms with Crippen molar-refractivity contribution in [2.75, 3.05) is 32.8 Å². The van der Waals surface area contributed by atoms with Gasteiger partial charge in [0, 0.05) is 25.8 Å². The summed E-state index contributed by atoms with van der Waals surface area (Å²) in [5.74, 6) is -5.78. The van der Waals surface area contributed by atoms with Crippen molar-refractivity contribution < 1.29 is 38.7 Å². The Balaban J connectivity index is 2.49. The number of carbonyl (C=O) groups is 7. The van der Waals surface area contributed by atoms with Crippen molar-refractivity contribution in [3.05, 3.63) is 11.9 Å². The zero-order valence-corrected chi connectivity index (χ0v) is 24.8. The SMILES string of the molecule is NCCC[C@@H](N)C(=O)NC[C@@H]1NC(=O)[C@H](CO)NC(=O)[C@H](N)CNC(=O)[C@H]([C@H]2CCN=C(N)N2)NC(=O)/C(=C/NC(N)=O)NC1=O. The van der Waals surface area contributed by atoms with Gasteiger partial charge in [-0.3, -0.25) is 33.8 Å². The van der Waals surface area contributed by atoms with Crippen LogP contribution in [0.1, 0.15) is 19.3 Å². The van der Waals surface area contributed by atoms with Crippen LogP contribution in [0.25, 0.3) is 0 Å². The van der Waals surface area contributed by atoms with Crippen molar-refractivity contribution in [2.45, 2.75) is 55.5 Å². The number of aliphatic hydroxyl groups excluding tert-OH is 1. The number of rotatable bonds is 9. The van der Waals surface area contributed by atoms with E-state index in [2.05, 4.69) is 42.2 Å². The Morgan fingerprint density at radius 1 is 1.02 bits per heavy atom. The average molecular weight is 655 g/mol. The summed E-state index contributed by atoms with van der Waals surface area (Å²) in [5.41, 5.74) is 27.4. The predicted molar refractivity (Wildman–Crippen MR) is 160 cm³/mol. The van der Waals surface area contributed by atoms with Crippen LogP contribution in [0.2, 0.25) is 0 Å². The van der Waals surface area contributed by atoms with Gasteiger partial charge in [0.1, 0.15) is 29.9 Å². The number of nitrogens with zero attached hydrogens (tertiary/aromatic N) is 1. The lowest BCUT2D eigenvalue weighted by molar-refractivity contribution is -0.134. The number of carbonyl (C=O) groups excluding carboxylic acids is 7. The monoisotopic (exact) mass is 654 g/mol. The van der Waals surface area contributed by atoms with Crippen LogP contribution in [0, 0.1) is 0 Å². The number of urea groups is 1. The summed E-state index contributed by atoms with van der Waals surface area (Å²) in [4.78, 5) is 93.7. The molecule has 22 heteroatoms. The smallest absolute Gasteiger partial charge is 0.316 e. The minimum atomic E-state index is -1.65. The van der Waals surface area contributed by atoms with Gasteiger partial charge in [-0.15, -0.1) is 0 Å². The van der Waals surface area contributed by atoms with E-state index in [1.807, 2.05) is 5.32 Å². The molecule has 2 rings (SSSR count). The molecule has 0 aliphatic carbocycles. The fourth-order valence-electron chi connectivity index (χ4n) is 4.14. The van der Waals surface area contributed by atoms with E-state index in [-0.39, 0.29) is 31.9 Å². The first-order valence-electron chi connectivity index (χ1n) is 14.2. The largest absolute Gasteiger partial charge is 0.394 e. The highest BCUT2D eigenvalue weighted by molar-refractivity contribution is 6.02. The molecule has 0 radical (unpaired) electrons. The third-order valence-electron chi connectivity index (χ3n) is 6.71. The van der Waals surface area contributed by atoms with Gasteiger partial charge in [-0.2, -0.15) is 0 Å². The van der Waals surface area contributed by atoms with Gasteiger partial charge in [0.2, 0.25) is 29.5 Å². The molecule has 0 spiro atoms. The van der Waals surface area contributed by atoms with E-state index in [1.165, 1.54) is 0 Å². The fraction of sp³-hybridized carbons (Fsp3) is 0.583. The molecule has 0 aromatic rings. The number of aliphatic imine (C=N–C) groups is 1. The van der Waals surface area contributed by atoms with Crippen molar-refractivity contribution in [1.29, 1.82) is 0 Å². The normalized spacial score (nSPS) is 26.6. The van der Waals surface area contributed by atoms with Crippen LogP contribution < -0.4 is 71.2 Å². The van der Waals surface area contributed by atoms with E-state index in [9.17, 15) is 38.7 Å². The zero-order valence-electron chi connectivity index (χ0n) is 24.8. The Kier molecular flexibility index (Phi) is 14.6. The van der Waals surface area contributed by atoms with Gasteiger partial charge in [-0.25, -0.2) is 4.79 Å². The molecular formula is C24H42N14O8. The molecule has 256 valence electrons. The van der Waals surface area contributed by atoms with E-state index in [0.29, 0.717) is 6.42 Å². The maximum absolute atomic E-state index is 13.4. The molecule has 2 aliphatic rings. The summed E-state index contributed by atoms with van der Waals surface area (Å²) in [7, 11) is 0. The van der Waals surface area contributed by atoms with E-state index >= 15 is 0 Å². The maximum Gasteiger partial charge on any atom is 0.316 e. The van der Waals surface area contributed by atoms with Crippen LogP contribution in [0.3, 0.4) is 0 Å². The topological polar surface area (TPSA) is 378 Å². The quantitative estimate of drug-likeness (QED) is 0.103. The molecule has 0 unspecified atom stereocenters. The molecule has 2 aliphatic heterocycles. The van der Waals surface area contributed by atoms with Gasteiger partial charge in [0.25, 0.3) is 5.91 Å². The Morgan fingerprint density at radius 2 is 1.72 bits per heavy atom. The molecule has 46 heavy (non-hydrogen) atoms. The second-order valence-electron chi connectivity index (χ2n) is 10.3. The van der Waals surface area contributed by atoms with Gasteiger partial charge in [-0.05, 0) is 25.8 Å². The van der Waals surface area contributed by atoms with Crippen molar-refractivity contribution in [1.82, 2.24) is 42.5 Å². The minimum absolute atomic E-state index is 0.0144. The summed E-state index contributed by atoms with van der Waals surface area (Å²) < 4.78 is 0. The fourth-order valence-corrected chi connectivity index (χ4v) is 4.14. The van der Waals surface area contributed by atoms with Crippen LogP contribution in [0.4, 0.5) is 4.79 Å². The molecule has 1 fully saturated rings. The van der Waals surface area contributed by atoms with Crippen LogP contribution >= 0.6 is 0 Å². The summed E-state index contributed by atoms with van der Waals surface area (Å²) in [6.45, 7) is -1.51. The molecule has 19 N–H and O–H groups in total. The number of amides is 8. The lowest BCUT2D eigenvalue weighted by Crippen LogP contribution is -2.64. The third-order valence-corrected chi connectivity index (χ3v) is 6.71. The van der Waals surface area contributed by atoms with Crippen molar-refractivity contribution >= 4 is 47.4 Å².